The number of rotatable bonds is 5. The predicted molar refractivity (Wildman–Crippen MR) is 106 cm³/mol. The molecule has 3 rings (SSSR count). The fraction of sp³-hybridized carbons (Fsp3) is 0.476. The van der Waals surface area contributed by atoms with Crippen molar-refractivity contribution in [2.24, 2.45) is 5.92 Å². The van der Waals surface area contributed by atoms with Gasteiger partial charge >= 0.3 is 0 Å². The molecule has 1 aromatic heterocycles. The van der Waals surface area contributed by atoms with E-state index < -0.39 is 0 Å². The van der Waals surface area contributed by atoms with Gasteiger partial charge in [-0.25, -0.2) is 9.97 Å². The van der Waals surface area contributed by atoms with Crippen LogP contribution in [0.1, 0.15) is 35.4 Å². The van der Waals surface area contributed by atoms with Crippen LogP contribution in [-0.4, -0.2) is 40.5 Å². The van der Waals surface area contributed by atoms with Crippen LogP contribution in [0.2, 0.25) is 0 Å². The van der Waals surface area contributed by atoms with Crippen molar-refractivity contribution in [1.29, 1.82) is 0 Å². The number of hydrogen-bond acceptors (Lipinski definition) is 5. The quantitative estimate of drug-likeness (QED) is 0.878. The number of piperidine rings is 1. The number of nitrogens with two attached hydrogens (primary N) is 1. The Hall–Kier alpha value is -2.63. The summed E-state index contributed by atoms with van der Waals surface area (Å²) < 4.78 is 5.95. The minimum absolute atomic E-state index is 0.120. The Bertz CT molecular complexity index is 799. The molecule has 6 nitrogen and oxygen atoms in total. The van der Waals surface area contributed by atoms with Gasteiger partial charge in [0.15, 0.2) is 0 Å². The molecular formula is C21H28N4O2. The molecule has 27 heavy (non-hydrogen) atoms. The zero-order chi connectivity index (χ0) is 19.4. The fourth-order valence-electron chi connectivity index (χ4n) is 3.63. The van der Waals surface area contributed by atoms with Crippen molar-refractivity contribution < 1.29 is 9.53 Å². The van der Waals surface area contributed by atoms with Crippen molar-refractivity contribution in [1.82, 2.24) is 14.9 Å². The highest BCUT2D eigenvalue weighted by molar-refractivity contribution is 5.79. The summed E-state index contributed by atoms with van der Waals surface area (Å²) in [5.74, 6) is 1.62. The van der Waals surface area contributed by atoms with Crippen LogP contribution >= 0.6 is 0 Å². The van der Waals surface area contributed by atoms with E-state index in [0.29, 0.717) is 18.9 Å². The molecule has 2 heterocycles. The SMILES string of the molecule is Cc1cccc(OC[C@H]2CCCN(C(=O)Cc3c(C)nc(N)nc3C)C2)c1. The highest BCUT2D eigenvalue weighted by atomic mass is 16.5. The van der Waals surface area contributed by atoms with Gasteiger partial charge in [0.25, 0.3) is 0 Å². The average Bonchev–Trinajstić information content (AvgIpc) is 2.63. The molecule has 1 amide bonds. The summed E-state index contributed by atoms with van der Waals surface area (Å²) in [6, 6.07) is 8.07. The first-order valence-corrected chi connectivity index (χ1v) is 9.49. The summed E-state index contributed by atoms with van der Waals surface area (Å²) in [5, 5.41) is 0. The first kappa shape index (κ1) is 19.1. The van der Waals surface area contributed by atoms with Crippen molar-refractivity contribution in [3.8, 4) is 5.75 Å². The topological polar surface area (TPSA) is 81.3 Å². The zero-order valence-electron chi connectivity index (χ0n) is 16.4. The Balaban J connectivity index is 1.58. The lowest BCUT2D eigenvalue weighted by Gasteiger charge is -2.33. The molecule has 1 aliphatic rings. The van der Waals surface area contributed by atoms with Crippen LogP contribution in [0, 0.1) is 26.7 Å². The number of carbonyl (C=O) groups is 1. The number of aromatic nitrogens is 2. The Kier molecular flexibility index (Phi) is 5.94. The van der Waals surface area contributed by atoms with E-state index in [0.717, 1.165) is 48.6 Å². The van der Waals surface area contributed by atoms with Crippen LogP contribution in [0.15, 0.2) is 24.3 Å². The second kappa shape index (κ2) is 8.37. The molecule has 1 fully saturated rings. The smallest absolute Gasteiger partial charge is 0.227 e. The number of likely N-dealkylation sites (tertiary alicyclic amines) is 1. The molecule has 0 bridgehead atoms. The Morgan fingerprint density at radius 1 is 1.26 bits per heavy atom. The van der Waals surface area contributed by atoms with Gasteiger partial charge < -0.3 is 15.4 Å². The molecule has 1 aromatic carbocycles. The molecule has 0 aliphatic carbocycles. The summed E-state index contributed by atoms with van der Waals surface area (Å²) >= 11 is 0. The van der Waals surface area contributed by atoms with Gasteiger partial charge in [0, 0.05) is 36.0 Å². The lowest BCUT2D eigenvalue weighted by Crippen LogP contribution is -2.42. The van der Waals surface area contributed by atoms with E-state index in [1.165, 1.54) is 5.56 Å². The van der Waals surface area contributed by atoms with Gasteiger partial charge in [-0.15, -0.1) is 0 Å². The van der Waals surface area contributed by atoms with Crippen LogP contribution in [0.4, 0.5) is 5.95 Å². The van der Waals surface area contributed by atoms with E-state index in [-0.39, 0.29) is 11.9 Å². The van der Waals surface area contributed by atoms with Crippen LogP contribution in [0.3, 0.4) is 0 Å². The van der Waals surface area contributed by atoms with Crippen molar-refractivity contribution >= 4 is 11.9 Å². The molecule has 0 saturated carbocycles. The maximum atomic E-state index is 12.8. The monoisotopic (exact) mass is 368 g/mol. The minimum Gasteiger partial charge on any atom is -0.493 e. The number of ether oxygens (including phenoxy) is 1. The number of anilines is 1. The minimum atomic E-state index is 0.120. The molecule has 2 N–H and O–H groups in total. The van der Waals surface area contributed by atoms with E-state index in [2.05, 4.69) is 23.0 Å². The van der Waals surface area contributed by atoms with E-state index in [1.807, 2.05) is 36.9 Å². The van der Waals surface area contributed by atoms with Gasteiger partial charge in [0.2, 0.25) is 11.9 Å². The number of carbonyl (C=O) groups excluding carboxylic acids is 1. The Labute approximate surface area is 160 Å². The summed E-state index contributed by atoms with van der Waals surface area (Å²) in [6.07, 6.45) is 2.41. The normalized spacial score (nSPS) is 17.0. The average molecular weight is 368 g/mol. The first-order valence-electron chi connectivity index (χ1n) is 9.49. The molecule has 1 saturated heterocycles. The Morgan fingerprint density at radius 3 is 2.70 bits per heavy atom. The number of nitrogen functional groups attached to an aromatic ring is 1. The van der Waals surface area contributed by atoms with Gasteiger partial charge in [-0.2, -0.15) is 0 Å². The number of nitrogens with zero attached hydrogens (tertiary/aromatic N) is 3. The number of benzene rings is 1. The molecule has 0 radical (unpaired) electrons. The van der Waals surface area contributed by atoms with Gasteiger partial charge in [-0.1, -0.05) is 12.1 Å². The largest absolute Gasteiger partial charge is 0.493 e. The van der Waals surface area contributed by atoms with E-state index in [9.17, 15) is 4.79 Å². The van der Waals surface area contributed by atoms with Gasteiger partial charge in [-0.05, 0) is 51.3 Å². The molecule has 0 unspecified atom stereocenters. The second-order valence-corrected chi connectivity index (χ2v) is 7.38. The van der Waals surface area contributed by atoms with Gasteiger partial charge in [0.05, 0.1) is 13.0 Å². The molecule has 1 aliphatic heterocycles. The van der Waals surface area contributed by atoms with Gasteiger partial charge in [0.1, 0.15) is 5.75 Å². The highest BCUT2D eigenvalue weighted by Crippen LogP contribution is 2.21. The van der Waals surface area contributed by atoms with Gasteiger partial charge in [-0.3, -0.25) is 4.79 Å². The van der Waals surface area contributed by atoms with E-state index in [4.69, 9.17) is 10.5 Å². The maximum Gasteiger partial charge on any atom is 0.227 e. The third-order valence-electron chi connectivity index (χ3n) is 5.11. The predicted octanol–water partition coefficient (Wildman–Crippen LogP) is 2.84. The molecule has 1 atom stereocenters. The fourth-order valence-corrected chi connectivity index (χ4v) is 3.63. The van der Waals surface area contributed by atoms with Crippen LogP contribution in [0.25, 0.3) is 0 Å². The van der Waals surface area contributed by atoms with Crippen LogP contribution in [-0.2, 0) is 11.2 Å². The lowest BCUT2D eigenvalue weighted by atomic mass is 9.98. The highest BCUT2D eigenvalue weighted by Gasteiger charge is 2.25. The lowest BCUT2D eigenvalue weighted by molar-refractivity contribution is -0.132. The molecule has 144 valence electrons. The van der Waals surface area contributed by atoms with Crippen molar-refractivity contribution in [2.75, 3.05) is 25.4 Å². The maximum absolute atomic E-state index is 12.8. The Morgan fingerprint density at radius 2 is 2.00 bits per heavy atom. The number of aryl methyl sites for hydroxylation is 3. The van der Waals surface area contributed by atoms with Crippen molar-refractivity contribution in [2.45, 2.75) is 40.0 Å². The van der Waals surface area contributed by atoms with E-state index in [1.54, 1.807) is 0 Å². The summed E-state index contributed by atoms with van der Waals surface area (Å²) in [6.45, 7) is 7.98. The van der Waals surface area contributed by atoms with E-state index >= 15 is 0 Å². The molecular weight excluding hydrogens is 340 g/mol. The summed E-state index contributed by atoms with van der Waals surface area (Å²) in [5.41, 5.74) is 9.31. The standard InChI is InChI=1S/C21H28N4O2/c1-14-6-4-8-18(10-14)27-13-17-7-5-9-25(12-17)20(26)11-19-15(2)23-21(22)24-16(19)3/h4,6,8,10,17H,5,7,9,11-13H2,1-3H3,(H2,22,23,24)/t17-/m0/s1. The zero-order valence-corrected chi connectivity index (χ0v) is 16.4. The second-order valence-electron chi connectivity index (χ2n) is 7.38. The molecule has 6 heteroatoms. The summed E-state index contributed by atoms with van der Waals surface area (Å²) in [7, 11) is 0. The van der Waals surface area contributed by atoms with Crippen molar-refractivity contribution in [3.05, 3.63) is 46.8 Å². The molecule has 2 aromatic rings. The third kappa shape index (κ3) is 4.96. The molecule has 0 spiro atoms. The third-order valence-corrected chi connectivity index (χ3v) is 5.11. The number of hydrogen-bond donors (Lipinski definition) is 1. The first-order chi connectivity index (χ1) is 12.9. The summed E-state index contributed by atoms with van der Waals surface area (Å²) in [4.78, 5) is 23.2. The van der Waals surface area contributed by atoms with Crippen LogP contribution < -0.4 is 10.5 Å². The van der Waals surface area contributed by atoms with Crippen molar-refractivity contribution in [3.63, 3.8) is 0 Å². The van der Waals surface area contributed by atoms with Crippen LogP contribution in [0.5, 0.6) is 5.75 Å². The number of amides is 1.